The highest BCUT2D eigenvalue weighted by molar-refractivity contribution is 6.05. The first-order valence-corrected chi connectivity index (χ1v) is 11.6. The van der Waals surface area contributed by atoms with Gasteiger partial charge < -0.3 is 14.0 Å². The van der Waals surface area contributed by atoms with Crippen molar-refractivity contribution in [2.45, 2.75) is 26.8 Å². The lowest BCUT2D eigenvalue weighted by Gasteiger charge is -2.11. The van der Waals surface area contributed by atoms with Gasteiger partial charge in [-0.3, -0.25) is 4.79 Å². The fraction of sp³-hybridized carbons (Fsp3) is 0.207. The average molecular weight is 467 g/mol. The van der Waals surface area contributed by atoms with Crippen LogP contribution in [0.15, 0.2) is 72.3 Å². The van der Waals surface area contributed by atoms with E-state index in [9.17, 15) is 14.9 Å². The predicted octanol–water partition coefficient (Wildman–Crippen LogP) is 5.88. The Morgan fingerprint density at radius 2 is 1.66 bits per heavy atom. The van der Waals surface area contributed by atoms with Gasteiger partial charge in [0.1, 0.15) is 24.9 Å². The number of fused-ring (bicyclic) bond motifs is 2. The largest absolute Gasteiger partial charge is 0.462 e. The lowest BCUT2D eigenvalue weighted by molar-refractivity contribution is -0.149. The molecule has 6 nitrogen and oxygen atoms in total. The number of carbonyl (C=O) groups excluding carboxylic acids is 2. The predicted molar refractivity (Wildman–Crippen MR) is 136 cm³/mol. The van der Waals surface area contributed by atoms with Crippen LogP contribution < -0.4 is 0 Å². The normalized spacial score (nSPS) is 11.4. The Hall–Kier alpha value is -4.37. The van der Waals surface area contributed by atoms with E-state index in [0.717, 1.165) is 38.5 Å². The summed E-state index contributed by atoms with van der Waals surface area (Å²) >= 11 is 0. The molecule has 1 aromatic heterocycles. The topological polar surface area (TPSA) is 81.3 Å². The minimum absolute atomic E-state index is 0.0470. The lowest BCUT2D eigenvalue weighted by atomic mass is 10.00. The van der Waals surface area contributed by atoms with Gasteiger partial charge in [-0.25, -0.2) is 4.79 Å². The monoisotopic (exact) mass is 466 g/mol. The Kier molecular flexibility index (Phi) is 7.27. The van der Waals surface area contributed by atoms with Gasteiger partial charge in [0.2, 0.25) is 0 Å². The molecule has 0 aliphatic heterocycles. The molecule has 4 rings (SSSR count). The fourth-order valence-electron chi connectivity index (χ4n) is 4.20. The molecule has 0 unspecified atom stereocenters. The van der Waals surface area contributed by atoms with E-state index < -0.39 is 5.97 Å². The van der Waals surface area contributed by atoms with E-state index in [1.165, 1.54) is 0 Å². The highest BCUT2D eigenvalue weighted by atomic mass is 16.6. The van der Waals surface area contributed by atoms with E-state index in [2.05, 4.69) is 41.8 Å². The quantitative estimate of drug-likeness (QED) is 0.140. The standard InChI is InChI=1S/C29H26N2O4/c1-3-27(32)34-15-16-35-29(33)23(19-30)18-25-24-11-7-8-12-26(24)31(4-2)28(25)22-14-13-20-9-5-6-10-21(20)17-22/h5-14,17-18H,3-4,15-16H2,1-2H3/b23-18+. The van der Waals surface area contributed by atoms with Gasteiger partial charge in [-0.05, 0) is 41.5 Å². The lowest BCUT2D eigenvalue weighted by Crippen LogP contribution is -2.14. The summed E-state index contributed by atoms with van der Waals surface area (Å²) < 4.78 is 12.3. The molecule has 0 saturated carbocycles. The van der Waals surface area contributed by atoms with Crippen molar-refractivity contribution in [2.75, 3.05) is 13.2 Å². The zero-order valence-electron chi connectivity index (χ0n) is 19.8. The van der Waals surface area contributed by atoms with E-state index >= 15 is 0 Å². The summed E-state index contributed by atoms with van der Waals surface area (Å²) in [5.41, 5.74) is 3.60. The number of benzene rings is 3. The third kappa shape index (κ3) is 4.95. The number of nitriles is 1. The fourth-order valence-corrected chi connectivity index (χ4v) is 4.20. The molecule has 3 aromatic carbocycles. The maximum Gasteiger partial charge on any atom is 0.349 e. The second-order valence-electron chi connectivity index (χ2n) is 7.97. The molecule has 6 heteroatoms. The summed E-state index contributed by atoms with van der Waals surface area (Å²) in [4.78, 5) is 23.9. The first-order chi connectivity index (χ1) is 17.1. The molecular formula is C29H26N2O4. The van der Waals surface area contributed by atoms with Crippen molar-refractivity contribution < 1.29 is 19.1 Å². The number of ether oxygens (including phenoxy) is 2. The highest BCUT2D eigenvalue weighted by Gasteiger charge is 2.20. The van der Waals surface area contributed by atoms with Gasteiger partial charge in [-0.2, -0.15) is 5.26 Å². The van der Waals surface area contributed by atoms with Crippen LogP contribution in [-0.2, 0) is 25.6 Å². The Morgan fingerprint density at radius 3 is 2.40 bits per heavy atom. The minimum atomic E-state index is -0.752. The summed E-state index contributed by atoms with van der Waals surface area (Å²) in [6, 6.07) is 24.3. The van der Waals surface area contributed by atoms with Crippen LogP contribution in [0.3, 0.4) is 0 Å². The van der Waals surface area contributed by atoms with Crippen molar-refractivity contribution in [3.05, 3.63) is 77.9 Å². The van der Waals surface area contributed by atoms with Crippen molar-refractivity contribution in [1.82, 2.24) is 4.57 Å². The molecule has 0 amide bonds. The number of rotatable bonds is 8. The van der Waals surface area contributed by atoms with Crippen LogP contribution in [-0.4, -0.2) is 29.7 Å². The molecule has 35 heavy (non-hydrogen) atoms. The number of aryl methyl sites for hydroxylation is 1. The molecule has 0 spiro atoms. The molecule has 0 aliphatic carbocycles. The van der Waals surface area contributed by atoms with Gasteiger partial charge in [0.15, 0.2) is 0 Å². The Labute approximate surface area is 204 Å². The summed E-state index contributed by atoms with van der Waals surface area (Å²) in [6.45, 7) is 4.31. The van der Waals surface area contributed by atoms with Crippen molar-refractivity contribution in [2.24, 2.45) is 0 Å². The van der Waals surface area contributed by atoms with Crippen LogP contribution in [0.25, 0.3) is 39.0 Å². The SMILES string of the molecule is CCC(=O)OCCOC(=O)/C(C#N)=C/c1c(-c2ccc3ccccc3c2)n(CC)c2ccccc12. The van der Waals surface area contributed by atoms with Gasteiger partial charge in [0, 0.05) is 29.4 Å². The summed E-state index contributed by atoms with van der Waals surface area (Å²) in [5.74, 6) is -1.12. The van der Waals surface area contributed by atoms with Crippen LogP contribution >= 0.6 is 0 Å². The minimum Gasteiger partial charge on any atom is -0.462 e. The number of para-hydroxylation sites is 1. The Morgan fingerprint density at radius 1 is 0.943 bits per heavy atom. The van der Waals surface area contributed by atoms with Gasteiger partial charge in [0.05, 0.1) is 5.69 Å². The molecular weight excluding hydrogens is 440 g/mol. The van der Waals surface area contributed by atoms with Crippen LogP contribution in [0, 0.1) is 11.3 Å². The maximum absolute atomic E-state index is 12.7. The molecule has 0 saturated heterocycles. The van der Waals surface area contributed by atoms with E-state index in [4.69, 9.17) is 9.47 Å². The molecule has 4 aromatic rings. The van der Waals surface area contributed by atoms with Crippen molar-refractivity contribution >= 4 is 39.7 Å². The van der Waals surface area contributed by atoms with E-state index in [0.29, 0.717) is 6.54 Å². The molecule has 0 bridgehead atoms. The maximum atomic E-state index is 12.7. The van der Waals surface area contributed by atoms with Crippen molar-refractivity contribution in [3.8, 4) is 17.3 Å². The number of nitrogens with zero attached hydrogens (tertiary/aromatic N) is 2. The molecule has 0 atom stereocenters. The van der Waals surface area contributed by atoms with Gasteiger partial charge in [-0.15, -0.1) is 0 Å². The van der Waals surface area contributed by atoms with E-state index in [1.807, 2.05) is 42.5 Å². The number of aromatic nitrogens is 1. The van der Waals surface area contributed by atoms with Crippen molar-refractivity contribution in [3.63, 3.8) is 0 Å². The van der Waals surface area contributed by atoms with Crippen LogP contribution in [0.5, 0.6) is 0 Å². The van der Waals surface area contributed by atoms with Crippen LogP contribution in [0.1, 0.15) is 25.8 Å². The summed E-state index contributed by atoms with van der Waals surface area (Å²) in [7, 11) is 0. The van der Waals surface area contributed by atoms with Crippen LogP contribution in [0.4, 0.5) is 0 Å². The van der Waals surface area contributed by atoms with Crippen LogP contribution in [0.2, 0.25) is 0 Å². The molecule has 0 N–H and O–H groups in total. The average Bonchev–Trinajstić information content (AvgIpc) is 3.22. The van der Waals surface area contributed by atoms with E-state index in [1.54, 1.807) is 13.0 Å². The van der Waals surface area contributed by atoms with E-state index in [-0.39, 0.29) is 31.2 Å². The summed E-state index contributed by atoms with van der Waals surface area (Å²) in [6.07, 6.45) is 1.84. The second kappa shape index (κ2) is 10.7. The molecule has 1 heterocycles. The third-order valence-electron chi connectivity index (χ3n) is 5.85. The van der Waals surface area contributed by atoms with Gasteiger partial charge in [0.25, 0.3) is 0 Å². The molecule has 176 valence electrons. The number of hydrogen-bond acceptors (Lipinski definition) is 5. The third-order valence-corrected chi connectivity index (χ3v) is 5.85. The van der Waals surface area contributed by atoms with Crippen molar-refractivity contribution in [1.29, 1.82) is 5.26 Å². The first kappa shape index (κ1) is 23.8. The number of esters is 2. The van der Waals surface area contributed by atoms with Gasteiger partial charge in [-0.1, -0.05) is 61.5 Å². The Bertz CT molecular complexity index is 1470. The Balaban J connectivity index is 1.78. The zero-order valence-corrected chi connectivity index (χ0v) is 19.8. The molecule has 0 radical (unpaired) electrons. The first-order valence-electron chi connectivity index (χ1n) is 11.6. The second-order valence-corrected chi connectivity index (χ2v) is 7.97. The number of hydrogen-bond donors (Lipinski definition) is 0. The van der Waals surface area contributed by atoms with Gasteiger partial charge >= 0.3 is 11.9 Å². The number of carbonyl (C=O) groups is 2. The molecule has 0 aliphatic rings. The smallest absolute Gasteiger partial charge is 0.349 e. The zero-order chi connectivity index (χ0) is 24.8. The summed E-state index contributed by atoms with van der Waals surface area (Å²) in [5, 5.41) is 13.0. The molecule has 0 fully saturated rings. The highest BCUT2D eigenvalue weighted by Crippen LogP contribution is 2.36.